The van der Waals surface area contributed by atoms with E-state index in [1.54, 1.807) is 24.3 Å². The van der Waals surface area contributed by atoms with Gasteiger partial charge >= 0.3 is 0 Å². The highest BCUT2D eigenvalue weighted by atomic mass is 32.2. The van der Waals surface area contributed by atoms with Gasteiger partial charge in [-0.3, -0.25) is 4.79 Å². The first-order valence-electron chi connectivity index (χ1n) is 8.32. The molecule has 0 bridgehead atoms. The molecule has 0 saturated carbocycles. The van der Waals surface area contributed by atoms with Crippen molar-refractivity contribution in [3.63, 3.8) is 0 Å². The normalized spacial score (nSPS) is 18.6. The zero-order valence-electron chi connectivity index (χ0n) is 14.9. The number of methoxy groups -OCH3 is 1. The van der Waals surface area contributed by atoms with Gasteiger partial charge in [0.2, 0.25) is 0 Å². The van der Waals surface area contributed by atoms with Gasteiger partial charge in [0, 0.05) is 0 Å². The van der Waals surface area contributed by atoms with Gasteiger partial charge in [-0.25, -0.2) is 21.2 Å². The average molecular weight is 427 g/mol. The van der Waals surface area contributed by atoms with Crippen molar-refractivity contribution in [2.45, 2.75) is 16.6 Å². The summed E-state index contributed by atoms with van der Waals surface area (Å²) < 4.78 is 68.0. The number of hydrogen-bond donors (Lipinski definition) is 1. The number of halogens is 1. The third-order valence-electron chi connectivity index (χ3n) is 4.50. The van der Waals surface area contributed by atoms with Crippen LogP contribution in [-0.2, 0) is 19.7 Å². The lowest BCUT2D eigenvalue weighted by atomic mass is 10.2. The molecule has 0 radical (unpaired) electrons. The summed E-state index contributed by atoms with van der Waals surface area (Å²) in [6.45, 7) is 0. The Morgan fingerprint density at radius 1 is 1.21 bits per heavy atom. The van der Waals surface area contributed by atoms with E-state index in [1.165, 1.54) is 7.11 Å². The summed E-state index contributed by atoms with van der Waals surface area (Å²) >= 11 is 0. The molecule has 1 N–H and O–H groups in total. The molecule has 1 amide bonds. The third-order valence-corrected chi connectivity index (χ3v) is 8.67. The highest BCUT2D eigenvalue weighted by Crippen LogP contribution is 2.28. The van der Waals surface area contributed by atoms with Crippen LogP contribution in [0.2, 0.25) is 0 Å². The van der Waals surface area contributed by atoms with E-state index in [9.17, 15) is 26.0 Å². The summed E-state index contributed by atoms with van der Waals surface area (Å²) in [6.07, 6.45) is -0.0230. The van der Waals surface area contributed by atoms with Crippen molar-refractivity contribution in [1.82, 2.24) is 0 Å². The van der Waals surface area contributed by atoms with Crippen molar-refractivity contribution in [2.75, 3.05) is 23.9 Å². The van der Waals surface area contributed by atoms with Crippen molar-refractivity contribution in [2.24, 2.45) is 0 Å². The molecule has 1 aliphatic rings. The minimum Gasteiger partial charge on any atom is -0.495 e. The number of carbonyl (C=O) groups is 1. The van der Waals surface area contributed by atoms with Crippen molar-refractivity contribution in [1.29, 1.82) is 0 Å². The Balaban J connectivity index is 1.92. The molecule has 2 aromatic carbocycles. The maximum absolute atomic E-state index is 14.2. The first kappa shape index (κ1) is 20.3. The van der Waals surface area contributed by atoms with E-state index in [0.717, 1.165) is 18.2 Å². The lowest BCUT2D eigenvalue weighted by Gasteiger charge is -2.13. The van der Waals surface area contributed by atoms with E-state index in [-0.39, 0.29) is 17.1 Å². The predicted octanol–water partition coefficient (Wildman–Crippen LogP) is 2.05. The second kappa shape index (κ2) is 7.51. The molecular formula is C18H18FNO6S2. The summed E-state index contributed by atoms with van der Waals surface area (Å²) in [6, 6.07) is 9.35. The van der Waals surface area contributed by atoms with Crippen LogP contribution in [-0.4, -0.2) is 46.6 Å². The number of nitrogens with one attached hydrogen (secondary N) is 1. The summed E-state index contributed by atoms with van der Waals surface area (Å²) in [5, 5.41) is 1.38. The summed E-state index contributed by atoms with van der Waals surface area (Å²) in [5.74, 6) is -2.08. The number of anilines is 1. The van der Waals surface area contributed by atoms with E-state index in [0.29, 0.717) is 11.4 Å². The number of para-hydroxylation sites is 2. The fourth-order valence-corrected chi connectivity index (χ4v) is 7.38. The molecule has 10 heteroatoms. The molecule has 2 aromatic rings. The van der Waals surface area contributed by atoms with Crippen LogP contribution in [0.25, 0.3) is 0 Å². The lowest BCUT2D eigenvalue weighted by molar-refractivity contribution is 0.102. The third kappa shape index (κ3) is 4.02. The minimum atomic E-state index is -4.02. The number of ether oxygens (including phenoxy) is 1. The quantitative estimate of drug-likeness (QED) is 0.732. The number of sulfone groups is 2. The van der Waals surface area contributed by atoms with Gasteiger partial charge in [0.25, 0.3) is 5.91 Å². The molecular weight excluding hydrogens is 409 g/mol. The van der Waals surface area contributed by atoms with Crippen LogP contribution < -0.4 is 10.1 Å². The summed E-state index contributed by atoms with van der Waals surface area (Å²) in [7, 11) is -6.02. The molecule has 150 valence electrons. The topological polar surface area (TPSA) is 107 Å². The Hall–Kier alpha value is -2.46. The van der Waals surface area contributed by atoms with Gasteiger partial charge in [-0.15, -0.1) is 0 Å². The smallest absolute Gasteiger partial charge is 0.258 e. The Kier molecular flexibility index (Phi) is 5.44. The molecule has 1 aliphatic heterocycles. The van der Waals surface area contributed by atoms with Crippen molar-refractivity contribution >= 4 is 31.3 Å². The molecule has 3 rings (SSSR count). The average Bonchev–Trinajstić information content (AvgIpc) is 3.03. The highest BCUT2D eigenvalue weighted by molar-refractivity contribution is 7.96. The number of rotatable bonds is 5. The molecule has 0 unspecified atom stereocenters. The molecule has 7 nitrogen and oxygen atoms in total. The fourth-order valence-electron chi connectivity index (χ4n) is 2.99. The van der Waals surface area contributed by atoms with E-state index in [2.05, 4.69) is 5.32 Å². The van der Waals surface area contributed by atoms with E-state index in [1.807, 2.05) is 0 Å². The highest BCUT2D eigenvalue weighted by Gasteiger charge is 2.38. The summed E-state index contributed by atoms with van der Waals surface area (Å²) in [5.41, 5.74) is -0.169. The van der Waals surface area contributed by atoms with Gasteiger partial charge in [0.15, 0.2) is 19.7 Å². The molecule has 28 heavy (non-hydrogen) atoms. The van der Waals surface area contributed by atoms with Crippen molar-refractivity contribution < 1.29 is 30.8 Å². The van der Waals surface area contributed by atoms with Crippen LogP contribution in [0.5, 0.6) is 5.75 Å². The van der Waals surface area contributed by atoms with Crippen LogP contribution >= 0.6 is 0 Å². The first-order valence-corrected chi connectivity index (χ1v) is 11.7. The number of amides is 1. The Bertz CT molecular complexity index is 1130. The Morgan fingerprint density at radius 2 is 1.93 bits per heavy atom. The second-order valence-corrected chi connectivity index (χ2v) is 10.8. The van der Waals surface area contributed by atoms with E-state index in [4.69, 9.17) is 4.74 Å². The molecule has 0 aliphatic carbocycles. The number of hydrogen-bond acceptors (Lipinski definition) is 6. The predicted molar refractivity (Wildman–Crippen MR) is 102 cm³/mol. The Morgan fingerprint density at radius 3 is 2.57 bits per heavy atom. The maximum Gasteiger partial charge on any atom is 0.258 e. The summed E-state index contributed by atoms with van der Waals surface area (Å²) in [4.78, 5) is 12.2. The van der Waals surface area contributed by atoms with E-state index < -0.39 is 48.0 Å². The minimum absolute atomic E-state index is 0.0230. The van der Waals surface area contributed by atoms with Crippen molar-refractivity contribution in [3.8, 4) is 5.75 Å². The molecule has 1 saturated heterocycles. The van der Waals surface area contributed by atoms with Crippen LogP contribution in [0, 0.1) is 5.82 Å². The van der Waals surface area contributed by atoms with Crippen LogP contribution in [0.3, 0.4) is 0 Å². The SMILES string of the molecule is COc1ccccc1NC(=O)c1cc(S(=O)(=O)[C@H]2CCS(=O)(=O)C2)ccc1F. The first-order chi connectivity index (χ1) is 13.1. The van der Waals surface area contributed by atoms with Crippen LogP contribution in [0.15, 0.2) is 47.4 Å². The molecule has 1 fully saturated rings. The van der Waals surface area contributed by atoms with Crippen LogP contribution in [0.4, 0.5) is 10.1 Å². The maximum atomic E-state index is 14.2. The fraction of sp³-hybridized carbons (Fsp3) is 0.278. The number of carbonyl (C=O) groups excluding carboxylic acids is 1. The molecule has 1 atom stereocenters. The van der Waals surface area contributed by atoms with Crippen molar-refractivity contribution in [3.05, 3.63) is 53.8 Å². The van der Waals surface area contributed by atoms with Gasteiger partial charge in [0.05, 0.1) is 40.0 Å². The largest absolute Gasteiger partial charge is 0.495 e. The van der Waals surface area contributed by atoms with E-state index >= 15 is 0 Å². The second-order valence-electron chi connectivity index (χ2n) is 6.37. The molecule has 1 heterocycles. The zero-order valence-corrected chi connectivity index (χ0v) is 16.5. The van der Waals surface area contributed by atoms with Crippen LogP contribution in [0.1, 0.15) is 16.8 Å². The number of benzene rings is 2. The molecule has 0 aromatic heterocycles. The van der Waals surface area contributed by atoms with Gasteiger partial charge < -0.3 is 10.1 Å². The van der Waals surface area contributed by atoms with Gasteiger partial charge in [0.1, 0.15) is 11.6 Å². The van der Waals surface area contributed by atoms with Gasteiger partial charge in [-0.05, 0) is 36.8 Å². The molecule has 0 spiro atoms. The lowest BCUT2D eigenvalue weighted by Crippen LogP contribution is -2.23. The standard InChI is InChI=1S/C18H18FNO6S2/c1-26-17-5-3-2-4-16(17)20-18(21)14-10-12(6-7-15(14)19)28(24,25)13-8-9-27(22,23)11-13/h2-7,10,13H,8-9,11H2,1H3,(H,20,21)/t13-/m0/s1. The zero-order chi connectivity index (χ0) is 20.5. The van der Waals surface area contributed by atoms with Gasteiger partial charge in [-0.1, -0.05) is 12.1 Å². The Labute approximate surface area is 162 Å². The van der Waals surface area contributed by atoms with Gasteiger partial charge in [-0.2, -0.15) is 0 Å². The monoisotopic (exact) mass is 427 g/mol.